The minimum absolute atomic E-state index is 0.272. The summed E-state index contributed by atoms with van der Waals surface area (Å²) >= 11 is 5.21. The molecular formula is C11H18F3O6PS2. The van der Waals surface area contributed by atoms with Crippen LogP contribution in [0.25, 0.3) is 0 Å². The van der Waals surface area contributed by atoms with E-state index in [4.69, 9.17) is 0 Å². The van der Waals surface area contributed by atoms with Crippen molar-refractivity contribution >= 4 is 41.9 Å². The van der Waals surface area contributed by atoms with E-state index in [2.05, 4.69) is 30.7 Å². The predicted molar refractivity (Wildman–Crippen MR) is 83.5 cm³/mol. The van der Waals surface area contributed by atoms with Gasteiger partial charge < -0.3 is 18.5 Å². The Hall–Kier alpha value is -0.350. The summed E-state index contributed by atoms with van der Waals surface area (Å²) in [4.78, 5) is 11.2. The normalized spacial score (nSPS) is 14.9. The SMILES string of the molecule is CCOP(=O)(OCC)C(OC(=S)SC(C)C(=O)OC)C(F)(F)F. The van der Waals surface area contributed by atoms with E-state index in [1.807, 2.05) is 0 Å². The van der Waals surface area contributed by atoms with Crippen LogP contribution >= 0.6 is 31.6 Å². The third kappa shape index (κ3) is 7.38. The van der Waals surface area contributed by atoms with Crippen LogP contribution in [0.5, 0.6) is 0 Å². The van der Waals surface area contributed by atoms with E-state index in [0.29, 0.717) is 11.8 Å². The third-order valence-corrected chi connectivity index (χ3v) is 5.63. The summed E-state index contributed by atoms with van der Waals surface area (Å²) in [6.07, 6.45) is -5.04. The second-order valence-electron chi connectivity index (χ2n) is 3.92. The summed E-state index contributed by atoms with van der Waals surface area (Å²) in [6.45, 7) is 3.56. The van der Waals surface area contributed by atoms with E-state index in [1.165, 1.54) is 20.8 Å². The molecule has 0 fully saturated rings. The zero-order valence-electron chi connectivity index (χ0n) is 12.9. The molecule has 0 radical (unpaired) electrons. The van der Waals surface area contributed by atoms with Gasteiger partial charge in [-0.25, -0.2) is 0 Å². The number of carbonyl (C=O) groups is 1. The number of ether oxygens (including phenoxy) is 2. The number of halogens is 3. The van der Waals surface area contributed by atoms with E-state index < -0.39 is 35.2 Å². The summed E-state index contributed by atoms with van der Waals surface area (Å²) < 4.78 is 69.6. The smallest absolute Gasteiger partial charge is 0.437 e. The molecule has 0 aliphatic heterocycles. The van der Waals surface area contributed by atoms with Crippen molar-refractivity contribution in [3.63, 3.8) is 0 Å². The van der Waals surface area contributed by atoms with Gasteiger partial charge in [0.1, 0.15) is 5.25 Å². The molecule has 0 bridgehead atoms. The highest BCUT2D eigenvalue weighted by molar-refractivity contribution is 8.23. The Morgan fingerprint density at radius 1 is 1.26 bits per heavy atom. The van der Waals surface area contributed by atoms with Crippen molar-refractivity contribution < 1.29 is 41.1 Å². The molecular weight excluding hydrogens is 380 g/mol. The van der Waals surface area contributed by atoms with Gasteiger partial charge in [0.2, 0.25) is 4.38 Å². The number of hydrogen-bond donors (Lipinski definition) is 0. The molecule has 0 aliphatic carbocycles. The van der Waals surface area contributed by atoms with Gasteiger partial charge in [-0.1, -0.05) is 11.8 Å². The van der Waals surface area contributed by atoms with Crippen molar-refractivity contribution in [3.8, 4) is 0 Å². The molecule has 0 N–H and O–H groups in total. The minimum Gasteiger partial charge on any atom is -0.468 e. The molecule has 0 aliphatic rings. The van der Waals surface area contributed by atoms with Crippen molar-refractivity contribution in [2.24, 2.45) is 0 Å². The fraction of sp³-hybridized carbons (Fsp3) is 0.818. The van der Waals surface area contributed by atoms with Crippen LogP contribution in [0, 0.1) is 0 Å². The number of methoxy groups -OCH3 is 1. The van der Waals surface area contributed by atoms with Crippen molar-refractivity contribution in [3.05, 3.63) is 0 Å². The van der Waals surface area contributed by atoms with Gasteiger partial charge in [0.05, 0.1) is 20.3 Å². The fourth-order valence-corrected chi connectivity index (χ4v) is 4.28. The summed E-state index contributed by atoms with van der Waals surface area (Å²) in [5.41, 5.74) is 0. The maximum absolute atomic E-state index is 13.2. The van der Waals surface area contributed by atoms with Gasteiger partial charge in [-0.05, 0) is 33.0 Å². The van der Waals surface area contributed by atoms with Gasteiger partial charge in [0.25, 0.3) is 5.85 Å². The van der Waals surface area contributed by atoms with Crippen molar-refractivity contribution in [2.75, 3.05) is 20.3 Å². The fourth-order valence-electron chi connectivity index (χ4n) is 1.32. The lowest BCUT2D eigenvalue weighted by Gasteiger charge is -2.28. The largest absolute Gasteiger partial charge is 0.468 e. The molecule has 0 aromatic rings. The van der Waals surface area contributed by atoms with Gasteiger partial charge in [0, 0.05) is 0 Å². The van der Waals surface area contributed by atoms with Crippen LogP contribution < -0.4 is 0 Å². The van der Waals surface area contributed by atoms with E-state index in [1.54, 1.807) is 0 Å². The Balaban J connectivity index is 5.24. The molecule has 0 saturated carbocycles. The monoisotopic (exact) mass is 398 g/mol. The van der Waals surface area contributed by atoms with Crippen LogP contribution in [-0.2, 0) is 27.9 Å². The number of carbonyl (C=O) groups excluding carboxylic acids is 1. The number of hydrogen-bond acceptors (Lipinski definition) is 8. The zero-order chi connectivity index (χ0) is 18.3. The van der Waals surface area contributed by atoms with Crippen LogP contribution in [-0.4, -0.2) is 47.9 Å². The Morgan fingerprint density at radius 2 is 1.74 bits per heavy atom. The van der Waals surface area contributed by atoms with Crippen molar-refractivity contribution in [1.82, 2.24) is 0 Å². The Bertz CT molecular complexity index is 450. The lowest BCUT2D eigenvalue weighted by atomic mass is 10.5. The summed E-state index contributed by atoms with van der Waals surface area (Å²) in [5.74, 6) is -3.57. The number of esters is 1. The van der Waals surface area contributed by atoms with E-state index in [9.17, 15) is 22.5 Å². The van der Waals surface area contributed by atoms with Gasteiger partial charge in [-0.15, -0.1) is 0 Å². The first-order chi connectivity index (χ1) is 10.5. The lowest BCUT2D eigenvalue weighted by molar-refractivity contribution is -0.177. The highest BCUT2D eigenvalue weighted by Gasteiger charge is 2.56. The molecule has 0 heterocycles. The molecule has 0 amide bonds. The van der Waals surface area contributed by atoms with Crippen LogP contribution in [0.4, 0.5) is 13.2 Å². The maximum atomic E-state index is 13.2. The van der Waals surface area contributed by atoms with Crippen LogP contribution in [0.1, 0.15) is 20.8 Å². The molecule has 0 spiro atoms. The van der Waals surface area contributed by atoms with Gasteiger partial charge in [-0.3, -0.25) is 9.36 Å². The third-order valence-electron chi connectivity index (χ3n) is 2.20. The Kier molecular flexibility index (Phi) is 9.68. The quantitative estimate of drug-likeness (QED) is 0.348. The molecule has 2 unspecified atom stereocenters. The topological polar surface area (TPSA) is 71.1 Å². The lowest BCUT2D eigenvalue weighted by Crippen LogP contribution is -2.34. The summed E-state index contributed by atoms with van der Waals surface area (Å²) in [6, 6.07) is 0. The van der Waals surface area contributed by atoms with Crippen molar-refractivity contribution in [2.45, 2.75) is 38.0 Å². The van der Waals surface area contributed by atoms with Gasteiger partial charge >= 0.3 is 19.7 Å². The van der Waals surface area contributed by atoms with Crippen molar-refractivity contribution in [1.29, 1.82) is 0 Å². The Labute approximate surface area is 141 Å². The average molecular weight is 398 g/mol. The molecule has 0 rings (SSSR count). The highest BCUT2D eigenvalue weighted by Crippen LogP contribution is 2.58. The maximum Gasteiger partial charge on any atom is 0.437 e. The second-order valence-corrected chi connectivity index (χ2v) is 7.93. The van der Waals surface area contributed by atoms with E-state index in [0.717, 1.165) is 7.11 Å². The van der Waals surface area contributed by atoms with Gasteiger partial charge in [0.15, 0.2) is 0 Å². The molecule has 12 heteroatoms. The first-order valence-corrected chi connectivity index (χ1v) is 9.32. The van der Waals surface area contributed by atoms with E-state index in [-0.39, 0.29) is 13.2 Å². The number of thioether (sulfide) groups is 1. The minimum atomic E-state index is -5.04. The number of thiocarbonyl (C=S) groups is 1. The predicted octanol–water partition coefficient (Wildman–Crippen LogP) is 3.74. The molecule has 136 valence electrons. The first-order valence-electron chi connectivity index (χ1n) is 6.42. The number of rotatable bonds is 8. The van der Waals surface area contributed by atoms with Crippen LogP contribution in [0.15, 0.2) is 0 Å². The van der Waals surface area contributed by atoms with Crippen LogP contribution in [0.2, 0.25) is 0 Å². The zero-order valence-corrected chi connectivity index (χ0v) is 15.4. The summed E-state index contributed by atoms with van der Waals surface area (Å²) in [7, 11) is -3.52. The second kappa shape index (κ2) is 9.83. The Morgan fingerprint density at radius 3 is 2.09 bits per heavy atom. The van der Waals surface area contributed by atoms with Crippen LogP contribution in [0.3, 0.4) is 0 Å². The first kappa shape index (κ1) is 22.6. The molecule has 0 aromatic heterocycles. The molecule has 0 aromatic carbocycles. The summed E-state index contributed by atoms with van der Waals surface area (Å²) in [5, 5.41) is -0.889. The standard InChI is InChI=1S/C11H18F3O6PS2/c1-5-18-21(16,19-6-2)9(11(12,13)14)20-10(22)23-7(3)8(15)17-4/h7,9H,5-6H2,1-4H3. The number of alkyl halides is 3. The molecule has 6 nitrogen and oxygen atoms in total. The average Bonchev–Trinajstić information content (AvgIpc) is 2.43. The molecule has 2 atom stereocenters. The van der Waals surface area contributed by atoms with E-state index >= 15 is 0 Å². The highest BCUT2D eigenvalue weighted by atomic mass is 32.2. The molecule has 0 saturated heterocycles. The molecule has 23 heavy (non-hydrogen) atoms. The van der Waals surface area contributed by atoms with Gasteiger partial charge in [-0.2, -0.15) is 13.2 Å².